The van der Waals surface area contributed by atoms with Crippen LogP contribution in [0.15, 0.2) is 132 Å². The summed E-state index contributed by atoms with van der Waals surface area (Å²) in [7, 11) is -2.26. The van der Waals surface area contributed by atoms with E-state index in [1.54, 1.807) is 36.4 Å². The molecule has 242 valence electrons. The van der Waals surface area contributed by atoms with Crippen molar-refractivity contribution in [2.75, 3.05) is 7.11 Å². The number of likely N-dealkylation sites (tertiary alicyclic amines) is 1. The zero-order chi connectivity index (χ0) is 33.6. The van der Waals surface area contributed by atoms with Crippen LogP contribution >= 0.6 is 10.8 Å². The number of aryl methyl sites for hydroxylation is 1. The number of hydrogen-bond acceptors (Lipinski definition) is 8. The van der Waals surface area contributed by atoms with Gasteiger partial charge in [-0.15, -0.1) is 0 Å². The second-order valence-electron chi connectivity index (χ2n) is 10.9. The number of ether oxygens (including phenoxy) is 2. The summed E-state index contributed by atoms with van der Waals surface area (Å²) >= 11 is 0. The van der Waals surface area contributed by atoms with Gasteiger partial charge in [-0.1, -0.05) is 109 Å². The lowest BCUT2D eigenvalue weighted by atomic mass is 10.0. The molecule has 2 atom stereocenters. The second-order valence-corrected chi connectivity index (χ2v) is 14.8. The minimum atomic E-state index is -4.07. The molecular formula is C36H34N2O7S2. The Balaban J connectivity index is 1.49. The first-order valence-corrected chi connectivity index (χ1v) is 17.7. The number of allylic oxidation sites excluding steroid dienone is 1. The molecule has 0 radical (unpaired) electrons. The average molecular weight is 671 g/mol. The Morgan fingerprint density at radius 1 is 0.851 bits per heavy atom. The topological polar surface area (TPSA) is 119 Å². The van der Waals surface area contributed by atoms with E-state index < -0.39 is 44.2 Å². The van der Waals surface area contributed by atoms with Crippen LogP contribution in [0.2, 0.25) is 0 Å². The molecule has 0 bridgehead atoms. The highest BCUT2D eigenvalue weighted by molar-refractivity contribution is 8.72. The standard InChI is InChI=1S/C36H34N2O7S2/c1-24-19-21-29(22-20-24)47(42,43)46-35-31(37-30(39)23-26-13-7-4-8-14-26)34(40)38(35)32(25(2)44-3)36(41)45-33(27-15-9-5-10-16-27)28-17-11-6-12-18-28/h4-22,31,33,35H,23H2,1-3H3,(H,37,39)/b32-25-. The van der Waals surface area contributed by atoms with Crippen LogP contribution in [0, 0.1) is 6.92 Å². The number of esters is 1. The molecule has 1 N–H and O–H groups in total. The second kappa shape index (κ2) is 14.7. The van der Waals surface area contributed by atoms with E-state index >= 15 is 0 Å². The Bertz CT molecular complexity index is 1830. The largest absolute Gasteiger partial charge is 0.499 e. The minimum absolute atomic E-state index is 0.0200. The number of rotatable bonds is 12. The zero-order valence-corrected chi connectivity index (χ0v) is 27.7. The summed E-state index contributed by atoms with van der Waals surface area (Å²) in [6, 6.07) is 32.2. The molecule has 9 nitrogen and oxygen atoms in total. The fourth-order valence-corrected chi connectivity index (χ4v) is 8.55. The lowest BCUT2D eigenvalue weighted by molar-refractivity contribution is -0.155. The van der Waals surface area contributed by atoms with Crippen LogP contribution < -0.4 is 5.32 Å². The monoisotopic (exact) mass is 670 g/mol. The first-order chi connectivity index (χ1) is 22.6. The van der Waals surface area contributed by atoms with E-state index in [1.165, 1.54) is 26.2 Å². The third kappa shape index (κ3) is 7.75. The Kier molecular flexibility index (Phi) is 10.5. The average Bonchev–Trinajstić information content (AvgIpc) is 3.08. The zero-order valence-electron chi connectivity index (χ0n) is 26.0. The van der Waals surface area contributed by atoms with Gasteiger partial charge in [-0.05, 0) is 42.7 Å². The number of β-lactam (4-membered cyclic amide) rings is 1. The quantitative estimate of drug-likeness (QED) is 0.0688. The van der Waals surface area contributed by atoms with Crippen LogP contribution in [-0.2, 0) is 39.1 Å². The highest BCUT2D eigenvalue weighted by atomic mass is 33.1. The van der Waals surface area contributed by atoms with Crippen molar-refractivity contribution in [1.29, 1.82) is 0 Å². The fourth-order valence-electron chi connectivity index (χ4n) is 5.08. The maximum Gasteiger partial charge on any atom is 0.359 e. The smallest absolute Gasteiger partial charge is 0.359 e. The van der Waals surface area contributed by atoms with Gasteiger partial charge in [0.05, 0.1) is 18.4 Å². The molecule has 2 unspecified atom stereocenters. The van der Waals surface area contributed by atoms with Crippen LogP contribution in [0.5, 0.6) is 0 Å². The number of hydrogen-bond donors (Lipinski definition) is 1. The maximum absolute atomic E-state index is 14.1. The molecule has 0 saturated carbocycles. The van der Waals surface area contributed by atoms with Crippen molar-refractivity contribution in [3.05, 3.63) is 149 Å². The van der Waals surface area contributed by atoms with Gasteiger partial charge in [-0.25, -0.2) is 13.2 Å². The van der Waals surface area contributed by atoms with E-state index in [9.17, 15) is 22.8 Å². The van der Waals surface area contributed by atoms with E-state index in [1.807, 2.05) is 73.7 Å². The van der Waals surface area contributed by atoms with Crippen LogP contribution in [0.25, 0.3) is 0 Å². The molecular weight excluding hydrogens is 637 g/mol. The summed E-state index contributed by atoms with van der Waals surface area (Å²) in [6.45, 7) is 3.32. The molecule has 1 aliphatic heterocycles. The third-order valence-corrected chi connectivity index (χ3v) is 11.3. The highest BCUT2D eigenvalue weighted by Crippen LogP contribution is 2.41. The van der Waals surface area contributed by atoms with Crippen molar-refractivity contribution >= 4 is 37.4 Å². The molecule has 0 aromatic heterocycles. The Hall–Kier alpha value is -4.87. The van der Waals surface area contributed by atoms with Crippen molar-refractivity contribution in [3.63, 3.8) is 0 Å². The fraction of sp³-hybridized carbons (Fsp3) is 0.194. The summed E-state index contributed by atoms with van der Waals surface area (Å²) in [6.07, 6.45) is -0.866. The normalized spacial score (nSPS) is 16.6. The van der Waals surface area contributed by atoms with E-state index in [4.69, 9.17) is 9.47 Å². The summed E-state index contributed by atoms with van der Waals surface area (Å²) in [4.78, 5) is 42.0. The van der Waals surface area contributed by atoms with Crippen LogP contribution in [0.1, 0.15) is 35.3 Å². The summed E-state index contributed by atoms with van der Waals surface area (Å²) in [5, 5.41) is 1.48. The number of carbonyl (C=O) groups is 3. The molecule has 4 aromatic carbocycles. The highest BCUT2D eigenvalue weighted by Gasteiger charge is 2.55. The molecule has 47 heavy (non-hydrogen) atoms. The number of amides is 2. The van der Waals surface area contributed by atoms with Gasteiger partial charge < -0.3 is 14.8 Å². The van der Waals surface area contributed by atoms with E-state index in [-0.39, 0.29) is 22.8 Å². The molecule has 5 rings (SSSR count). The van der Waals surface area contributed by atoms with Crippen molar-refractivity contribution in [1.82, 2.24) is 10.2 Å². The van der Waals surface area contributed by atoms with Crippen molar-refractivity contribution < 1.29 is 32.3 Å². The lowest BCUT2D eigenvalue weighted by Gasteiger charge is -2.46. The molecule has 1 heterocycles. The van der Waals surface area contributed by atoms with Crippen LogP contribution in [-0.4, -0.2) is 49.6 Å². The SMILES string of the molecule is CO/C(C)=C(/C(=O)OC(c1ccccc1)c1ccccc1)N1C(=O)C(NC(=O)Cc2ccccc2)C1SS(=O)(=O)c1ccc(C)cc1. The van der Waals surface area contributed by atoms with Crippen molar-refractivity contribution in [3.8, 4) is 0 Å². The predicted molar refractivity (Wildman–Crippen MR) is 179 cm³/mol. The van der Waals surface area contributed by atoms with Crippen LogP contribution in [0.4, 0.5) is 0 Å². The van der Waals surface area contributed by atoms with Gasteiger partial charge in [0, 0.05) is 10.8 Å². The molecule has 1 fully saturated rings. The molecule has 0 spiro atoms. The first-order valence-electron chi connectivity index (χ1n) is 14.8. The van der Waals surface area contributed by atoms with Gasteiger partial charge in [0.15, 0.2) is 11.8 Å². The van der Waals surface area contributed by atoms with Gasteiger partial charge in [0.2, 0.25) is 14.8 Å². The molecule has 1 aliphatic rings. The molecule has 0 aliphatic carbocycles. The van der Waals surface area contributed by atoms with E-state index in [0.717, 1.165) is 16.0 Å². The van der Waals surface area contributed by atoms with E-state index in [0.29, 0.717) is 21.9 Å². The summed E-state index contributed by atoms with van der Waals surface area (Å²) in [5.74, 6) is -2.02. The first kappa shape index (κ1) is 33.5. The molecule has 1 saturated heterocycles. The predicted octanol–water partition coefficient (Wildman–Crippen LogP) is 5.52. The van der Waals surface area contributed by atoms with Gasteiger partial charge in [0.25, 0.3) is 5.91 Å². The lowest BCUT2D eigenvalue weighted by Crippen LogP contribution is -2.70. The third-order valence-electron chi connectivity index (χ3n) is 7.61. The van der Waals surface area contributed by atoms with Gasteiger partial charge in [-0.2, -0.15) is 0 Å². The molecule has 4 aromatic rings. The van der Waals surface area contributed by atoms with Crippen molar-refractivity contribution in [2.24, 2.45) is 0 Å². The number of methoxy groups -OCH3 is 1. The summed E-state index contributed by atoms with van der Waals surface area (Å²) < 4.78 is 38.8. The minimum Gasteiger partial charge on any atom is -0.499 e. The maximum atomic E-state index is 14.1. The molecule has 11 heteroatoms. The number of carbonyl (C=O) groups excluding carboxylic acids is 3. The summed E-state index contributed by atoms with van der Waals surface area (Å²) in [5.41, 5.74) is 2.71. The number of nitrogens with one attached hydrogen (secondary N) is 1. The van der Waals surface area contributed by atoms with Gasteiger partial charge >= 0.3 is 5.97 Å². The number of benzene rings is 4. The van der Waals surface area contributed by atoms with Gasteiger partial charge in [0.1, 0.15) is 17.2 Å². The number of nitrogens with zero attached hydrogens (tertiary/aromatic N) is 1. The van der Waals surface area contributed by atoms with E-state index in [2.05, 4.69) is 5.32 Å². The van der Waals surface area contributed by atoms with Crippen molar-refractivity contribution in [2.45, 2.75) is 42.7 Å². The Morgan fingerprint density at radius 3 is 1.91 bits per heavy atom. The molecule has 2 amide bonds. The Labute approximate surface area is 277 Å². The van der Waals surface area contributed by atoms with Crippen LogP contribution in [0.3, 0.4) is 0 Å². The Morgan fingerprint density at radius 2 is 1.38 bits per heavy atom. The van der Waals surface area contributed by atoms with Gasteiger partial charge in [-0.3, -0.25) is 14.5 Å².